The van der Waals surface area contributed by atoms with E-state index in [2.05, 4.69) is 0 Å². The third-order valence-electron chi connectivity index (χ3n) is 3.11. The van der Waals surface area contributed by atoms with Crippen molar-refractivity contribution in [2.45, 2.75) is 38.5 Å². The molecular weight excluding hydrogens is 199 g/mol. The first kappa shape index (κ1) is 12.1. The summed E-state index contributed by atoms with van der Waals surface area (Å²) < 4.78 is 12.3. The van der Waals surface area contributed by atoms with E-state index in [-0.39, 0.29) is 37.1 Å². The number of carboxylic acid groups (broad SMARTS) is 1. The van der Waals surface area contributed by atoms with Gasteiger partial charge in [-0.25, -0.2) is 0 Å². The standard InChI is InChI=1S/C11H17FO3/c12-7-8-1-3-9(4-2-8)10(13)5-6-11(14)15/h8-9H,1-7H2,(H,14,15). The quantitative estimate of drug-likeness (QED) is 0.766. The number of Topliss-reactive ketones (excluding diaryl/α,β-unsaturated/α-hetero) is 1. The maximum atomic E-state index is 12.3. The zero-order valence-corrected chi connectivity index (χ0v) is 8.75. The molecule has 0 heterocycles. The summed E-state index contributed by atoms with van der Waals surface area (Å²) >= 11 is 0. The molecular formula is C11H17FO3. The molecule has 1 aliphatic carbocycles. The summed E-state index contributed by atoms with van der Waals surface area (Å²) in [5, 5.41) is 8.44. The molecule has 0 amide bonds. The minimum absolute atomic E-state index is 0.0212. The molecule has 0 spiro atoms. The van der Waals surface area contributed by atoms with Crippen LogP contribution < -0.4 is 0 Å². The molecule has 1 saturated carbocycles. The number of rotatable bonds is 5. The molecule has 0 aromatic rings. The van der Waals surface area contributed by atoms with E-state index >= 15 is 0 Å². The molecule has 0 saturated heterocycles. The van der Waals surface area contributed by atoms with Gasteiger partial charge in [0, 0.05) is 12.3 Å². The third kappa shape index (κ3) is 3.98. The van der Waals surface area contributed by atoms with Gasteiger partial charge in [-0.1, -0.05) is 0 Å². The lowest BCUT2D eigenvalue weighted by molar-refractivity contribution is -0.139. The summed E-state index contributed by atoms with van der Waals surface area (Å²) in [5.74, 6) is -0.795. The van der Waals surface area contributed by atoms with E-state index in [1.54, 1.807) is 0 Å². The Balaban J connectivity index is 2.27. The third-order valence-corrected chi connectivity index (χ3v) is 3.11. The monoisotopic (exact) mass is 216 g/mol. The van der Waals surface area contributed by atoms with E-state index in [0.717, 1.165) is 25.7 Å². The molecule has 0 aromatic heterocycles. The Kier molecular flexibility index (Phi) is 4.72. The van der Waals surface area contributed by atoms with Crippen molar-refractivity contribution >= 4 is 11.8 Å². The lowest BCUT2D eigenvalue weighted by atomic mass is 9.80. The van der Waals surface area contributed by atoms with Gasteiger partial charge in [-0.2, -0.15) is 0 Å². The maximum absolute atomic E-state index is 12.3. The molecule has 1 rings (SSSR count). The normalized spacial score (nSPS) is 26.2. The van der Waals surface area contributed by atoms with Crippen molar-refractivity contribution in [3.05, 3.63) is 0 Å². The smallest absolute Gasteiger partial charge is 0.303 e. The fourth-order valence-corrected chi connectivity index (χ4v) is 2.07. The highest BCUT2D eigenvalue weighted by molar-refractivity contribution is 5.84. The van der Waals surface area contributed by atoms with E-state index in [1.807, 2.05) is 0 Å². The molecule has 0 aliphatic heterocycles. The first-order chi connectivity index (χ1) is 7.13. The van der Waals surface area contributed by atoms with Gasteiger partial charge < -0.3 is 5.11 Å². The van der Waals surface area contributed by atoms with Crippen LogP contribution in [0.4, 0.5) is 4.39 Å². The van der Waals surface area contributed by atoms with Crippen molar-refractivity contribution in [1.82, 2.24) is 0 Å². The zero-order valence-electron chi connectivity index (χ0n) is 8.75. The van der Waals surface area contributed by atoms with Crippen molar-refractivity contribution in [2.24, 2.45) is 11.8 Å². The lowest BCUT2D eigenvalue weighted by Crippen LogP contribution is -2.23. The summed E-state index contributed by atoms with van der Waals surface area (Å²) in [7, 11) is 0. The average Bonchev–Trinajstić information content (AvgIpc) is 2.26. The average molecular weight is 216 g/mol. The molecule has 1 N–H and O–H groups in total. The molecule has 0 atom stereocenters. The van der Waals surface area contributed by atoms with Crippen LogP contribution in [0.5, 0.6) is 0 Å². The summed E-state index contributed by atoms with van der Waals surface area (Å²) in [6.45, 7) is -0.296. The summed E-state index contributed by atoms with van der Waals surface area (Å²) in [6.07, 6.45) is 3.03. The minimum Gasteiger partial charge on any atom is -0.481 e. The van der Waals surface area contributed by atoms with Crippen LogP contribution in [0.1, 0.15) is 38.5 Å². The summed E-state index contributed by atoms with van der Waals surface area (Å²) in [5.41, 5.74) is 0. The molecule has 0 radical (unpaired) electrons. The first-order valence-electron chi connectivity index (χ1n) is 5.44. The highest BCUT2D eigenvalue weighted by atomic mass is 19.1. The number of ketones is 1. The predicted octanol–water partition coefficient (Wildman–Crippen LogP) is 2.20. The maximum Gasteiger partial charge on any atom is 0.303 e. The van der Waals surface area contributed by atoms with Gasteiger partial charge in [0.15, 0.2) is 0 Å². The van der Waals surface area contributed by atoms with Crippen LogP contribution in [0.3, 0.4) is 0 Å². The van der Waals surface area contributed by atoms with E-state index in [9.17, 15) is 14.0 Å². The number of alkyl halides is 1. The number of hydrogen-bond acceptors (Lipinski definition) is 2. The first-order valence-corrected chi connectivity index (χ1v) is 5.44. The van der Waals surface area contributed by atoms with Gasteiger partial charge in [-0.15, -0.1) is 0 Å². The van der Waals surface area contributed by atoms with Crippen LogP contribution in [0, 0.1) is 11.8 Å². The van der Waals surface area contributed by atoms with Crippen LogP contribution in [0.25, 0.3) is 0 Å². The predicted molar refractivity (Wildman–Crippen MR) is 53.3 cm³/mol. The van der Waals surface area contributed by atoms with Gasteiger partial charge in [0.1, 0.15) is 5.78 Å². The van der Waals surface area contributed by atoms with Crippen LogP contribution in [-0.2, 0) is 9.59 Å². The van der Waals surface area contributed by atoms with E-state index in [4.69, 9.17) is 5.11 Å². The summed E-state index contributed by atoms with van der Waals surface area (Å²) in [4.78, 5) is 21.8. The number of carboxylic acids is 1. The number of carbonyl (C=O) groups is 2. The molecule has 0 bridgehead atoms. The van der Waals surface area contributed by atoms with E-state index in [1.165, 1.54) is 0 Å². The number of aliphatic carboxylic acids is 1. The van der Waals surface area contributed by atoms with E-state index < -0.39 is 5.97 Å². The Morgan fingerprint density at radius 2 is 1.73 bits per heavy atom. The van der Waals surface area contributed by atoms with Crippen LogP contribution in [-0.4, -0.2) is 23.5 Å². The van der Waals surface area contributed by atoms with Gasteiger partial charge in [0.05, 0.1) is 13.1 Å². The highest BCUT2D eigenvalue weighted by Gasteiger charge is 2.25. The molecule has 1 fully saturated rings. The van der Waals surface area contributed by atoms with Crippen LogP contribution in [0.15, 0.2) is 0 Å². The SMILES string of the molecule is O=C(O)CCC(=O)C1CCC(CF)CC1. The second-order valence-corrected chi connectivity index (χ2v) is 4.23. The molecule has 15 heavy (non-hydrogen) atoms. The molecule has 4 heteroatoms. The van der Waals surface area contributed by atoms with Gasteiger partial charge in [-0.05, 0) is 31.6 Å². The molecule has 0 unspecified atom stereocenters. The van der Waals surface area contributed by atoms with Crippen molar-refractivity contribution in [3.63, 3.8) is 0 Å². The number of halogens is 1. The van der Waals surface area contributed by atoms with Crippen LogP contribution in [0.2, 0.25) is 0 Å². The molecule has 3 nitrogen and oxygen atoms in total. The lowest BCUT2D eigenvalue weighted by Gasteiger charge is -2.25. The Labute approximate surface area is 88.7 Å². The molecule has 0 aromatic carbocycles. The fourth-order valence-electron chi connectivity index (χ4n) is 2.07. The largest absolute Gasteiger partial charge is 0.481 e. The van der Waals surface area contributed by atoms with Gasteiger partial charge in [0.25, 0.3) is 0 Å². The number of carbonyl (C=O) groups excluding carboxylic acids is 1. The van der Waals surface area contributed by atoms with Gasteiger partial charge in [0.2, 0.25) is 0 Å². The fraction of sp³-hybridized carbons (Fsp3) is 0.818. The van der Waals surface area contributed by atoms with E-state index in [0.29, 0.717) is 0 Å². The second-order valence-electron chi connectivity index (χ2n) is 4.23. The highest BCUT2D eigenvalue weighted by Crippen LogP contribution is 2.30. The minimum atomic E-state index is -0.930. The van der Waals surface area contributed by atoms with Crippen molar-refractivity contribution in [3.8, 4) is 0 Å². The van der Waals surface area contributed by atoms with Crippen molar-refractivity contribution in [1.29, 1.82) is 0 Å². The molecule has 1 aliphatic rings. The Morgan fingerprint density at radius 1 is 1.13 bits per heavy atom. The van der Waals surface area contributed by atoms with Gasteiger partial charge in [-0.3, -0.25) is 14.0 Å². The summed E-state index contributed by atoms with van der Waals surface area (Å²) in [6, 6.07) is 0. The van der Waals surface area contributed by atoms with Gasteiger partial charge >= 0.3 is 5.97 Å². The Morgan fingerprint density at radius 3 is 2.20 bits per heavy atom. The second kappa shape index (κ2) is 5.83. The topological polar surface area (TPSA) is 54.4 Å². The number of hydrogen-bond donors (Lipinski definition) is 1. The van der Waals surface area contributed by atoms with Crippen molar-refractivity contribution < 1.29 is 19.1 Å². The Hall–Kier alpha value is -0.930. The zero-order chi connectivity index (χ0) is 11.3. The van der Waals surface area contributed by atoms with Crippen molar-refractivity contribution in [2.75, 3.05) is 6.67 Å². The van der Waals surface area contributed by atoms with Crippen LogP contribution >= 0.6 is 0 Å². The molecule has 86 valence electrons. The Bertz CT molecular complexity index is 232.